The summed E-state index contributed by atoms with van der Waals surface area (Å²) >= 11 is 0. The van der Waals surface area contributed by atoms with Gasteiger partial charge in [-0.1, -0.05) is 26.2 Å². The summed E-state index contributed by atoms with van der Waals surface area (Å²) in [5.41, 5.74) is 0. The maximum Gasteiger partial charge on any atom is 0.234 e. The maximum atomic E-state index is 11.6. The van der Waals surface area contributed by atoms with Crippen LogP contribution in [0.2, 0.25) is 0 Å². The first-order chi connectivity index (χ1) is 7.74. The second kappa shape index (κ2) is 7.66. The van der Waals surface area contributed by atoms with Crippen LogP contribution in [0.3, 0.4) is 0 Å². The first kappa shape index (κ1) is 13.5. The molecular weight excluding hydrogens is 200 g/mol. The highest BCUT2D eigenvalue weighted by atomic mass is 16.1. The first-order valence-corrected chi connectivity index (χ1v) is 6.74. The van der Waals surface area contributed by atoms with Crippen LogP contribution in [0.4, 0.5) is 0 Å². The molecule has 0 aromatic rings. The van der Waals surface area contributed by atoms with Gasteiger partial charge in [-0.25, -0.2) is 0 Å². The lowest BCUT2D eigenvalue weighted by atomic mass is 9.84. The topological polar surface area (TPSA) is 41.1 Å². The van der Waals surface area contributed by atoms with E-state index in [1.54, 1.807) is 0 Å². The normalized spacial score (nSPS) is 19.4. The van der Waals surface area contributed by atoms with Gasteiger partial charge in [-0.05, 0) is 38.6 Å². The Bertz CT molecular complexity index is 200. The van der Waals surface area contributed by atoms with Crippen LogP contribution >= 0.6 is 0 Å². The SMILES string of the molecule is CCCNCC(=O)N[C@@H](C)C1CCCCC1. The number of rotatable bonds is 6. The third-order valence-electron chi connectivity index (χ3n) is 3.46. The summed E-state index contributed by atoms with van der Waals surface area (Å²) in [6.45, 7) is 5.64. The van der Waals surface area contributed by atoms with E-state index in [0.717, 1.165) is 13.0 Å². The number of hydrogen-bond acceptors (Lipinski definition) is 2. The third kappa shape index (κ3) is 4.97. The Morgan fingerprint density at radius 1 is 1.31 bits per heavy atom. The zero-order valence-corrected chi connectivity index (χ0v) is 10.7. The number of hydrogen-bond donors (Lipinski definition) is 2. The molecule has 0 radical (unpaired) electrons. The van der Waals surface area contributed by atoms with Gasteiger partial charge in [0.25, 0.3) is 0 Å². The molecule has 1 atom stereocenters. The van der Waals surface area contributed by atoms with E-state index in [1.807, 2.05) is 0 Å². The Labute approximate surface area is 99.4 Å². The van der Waals surface area contributed by atoms with E-state index in [1.165, 1.54) is 32.1 Å². The van der Waals surface area contributed by atoms with Crippen molar-refractivity contribution in [3.63, 3.8) is 0 Å². The Morgan fingerprint density at radius 2 is 2.00 bits per heavy atom. The van der Waals surface area contributed by atoms with Gasteiger partial charge in [-0.2, -0.15) is 0 Å². The summed E-state index contributed by atoms with van der Waals surface area (Å²) in [5, 5.41) is 6.24. The van der Waals surface area contributed by atoms with Crippen LogP contribution in [0.25, 0.3) is 0 Å². The summed E-state index contributed by atoms with van der Waals surface area (Å²) in [5.74, 6) is 0.843. The molecule has 94 valence electrons. The molecule has 0 spiro atoms. The average molecular weight is 226 g/mol. The second-order valence-electron chi connectivity index (χ2n) is 4.93. The molecular formula is C13H26N2O. The molecule has 2 N–H and O–H groups in total. The van der Waals surface area contributed by atoms with E-state index in [4.69, 9.17) is 0 Å². The highest BCUT2D eigenvalue weighted by Crippen LogP contribution is 2.26. The summed E-state index contributed by atoms with van der Waals surface area (Å²) in [6.07, 6.45) is 7.67. The van der Waals surface area contributed by atoms with Crippen LogP contribution in [0.15, 0.2) is 0 Å². The molecule has 1 aliphatic carbocycles. The minimum Gasteiger partial charge on any atom is -0.352 e. The van der Waals surface area contributed by atoms with Gasteiger partial charge >= 0.3 is 0 Å². The van der Waals surface area contributed by atoms with Gasteiger partial charge in [0.2, 0.25) is 5.91 Å². The van der Waals surface area contributed by atoms with Crippen LogP contribution < -0.4 is 10.6 Å². The molecule has 0 aliphatic heterocycles. The molecule has 0 bridgehead atoms. The van der Waals surface area contributed by atoms with Crippen LogP contribution in [0.1, 0.15) is 52.4 Å². The van der Waals surface area contributed by atoms with Gasteiger partial charge in [0.05, 0.1) is 6.54 Å². The van der Waals surface area contributed by atoms with Crippen molar-refractivity contribution in [3.05, 3.63) is 0 Å². The van der Waals surface area contributed by atoms with Crippen molar-refractivity contribution in [1.29, 1.82) is 0 Å². The fourth-order valence-corrected chi connectivity index (χ4v) is 2.44. The van der Waals surface area contributed by atoms with Crippen molar-refractivity contribution in [2.45, 2.75) is 58.4 Å². The molecule has 1 fully saturated rings. The van der Waals surface area contributed by atoms with Crippen LogP contribution in [-0.4, -0.2) is 25.0 Å². The van der Waals surface area contributed by atoms with Crippen LogP contribution in [-0.2, 0) is 4.79 Å². The molecule has 16 heavy (non-hydrogen) atoms. The van der Waals surface area contributed by atoms with Crippen molar-refractivity contribution in [1.82, 2.24) is 10.6 Å². The highest BCUT2D eigenvalue weighted by Gasteiger charge is 2.20. The van der Waals surface area contributed by atoms with Crippen LogP contribution in [0.5, 0.6) is 0 Å². The predicted molar refractivity (Wildman–Crippen MR) is 67.3 cm³/mol. The Morgan fingerprint density at radius 3 is 2.62 bits per heavy atom. The standard InChI is InChI=1S/C13H26N2O/c1-3-9-14-10-13(16)15-11(2)12-7-5-4-6-8-12/h11-12,14H,3-10H2,1-2H3,(H,15,16)/t11-/m0/s1. The molecule has 0 heterocycles. The Balaban J connectivity index is 2.16. The van der Waals surface area contributed by atoms with E-state index in [-0.39, 0.29) is 5.91 Å². The molecule has 1 amide bonds. The average Bonchev–Trinajstić information content (AvgIpc) is 2.30. The quantitative estimate of drug-likeness (QED) is 0.681. The molecule has 3 nitrogen and oxygen atoms in total. The van der Waals surface area contributed by atoms with Crippen LogP contribution in [0, 0.1) is 5.92 Å². The number of carbonyl (C=O) groups is 1. The van der Waals surface area contributed by atoms with E-state index < -0.39 is 0 Å². The summed E-state index contributed by atoms with van der Waals surface area (Å²) in [7, 11) is 0. The number of carbonyl (C=O) groups excluding carboxylic acids is 1. The van der Waals surface area contributed by atoms with E-state index >= 15 is 0 Å². The minimum absolute atomic E-state index is 0.145. The van der Waals surface area contributed by atoms with Crippen molar-refractivity contribution in [3.8, 4) is 0 Å². The van der Waals surface area contributed by atoms with Crippen molar-refractivity contribution in [2.24, 2.45) is 5.92 Å². The first-order valence-electron chi connectivity index (χ1n) is 6.74. The predicted octanol–water partition coefficient (Wildman–Crippen LogP) is 2.07. The lowest BCUT2D eigenvalue weighted by Crippen LogP contribution is -2.43. The van der Waals surface area contributed by atoms with Gasteiger partial charge in [0.1, 0.15) is 0 Å². The lowest BCUT2D eigenvalue weighted by Gasteiger charge is -2.28. The Kier molecular flexibility index (Phi) is 6.46. The molecule has 0 aromatic heterocycles. The molecule has 1 saturated carbocycles. The third-order valence-corrected chi connectivity index (χ3v) is 3.46. The van der Waals surface area contributed by atoms with E-state index in [0.29, 0.717) is 18.5 Å². The van der Waals surface area contributed by atoms with Gasteiger partial charge in [0, 0.05) is 6.04 Å². The summed E-state index contributed by atoms with van der Waals surface area (Å²) in [6, 6.07) is 0.344. The molecule has 1 aliphatic rings. The lowest BCUT2D eigenvalue weighted by molar-refractivity contribution is -0.121. The van der Waals surface area contributed by atoms with Gasteiger partial charge in [0.15, 0.2) is 0 Å². The maximum absolute atomic E-state index is 11.6. The molecule has 0 saturated heterocycles. The second-order valence-corrected chi connectivity index (χ2v) is 4.93. The monoisotopic (exact) mass is 226 g/mol. The molecule has 1 rings (SSSR count). The van der Waals surface area contributed by atoms with Gasteiger partial charge in [-0.3, -0.25) is 4.79 Å². The largest absolute Gasteiger partial charge is 0.352 e. The summed E-state index contributed by atoms with van der Waals surface area (Å²) < 4.78 is 0. The summed E-state index contributed by atoms with van der Waals surface area (Å²) in [4.78, 5) is 11.6. The highest BCUT2D eigenvalue weighted by molar-refractivity contribution is 5.78. The Hall–Kier alpha value is -0.570. The van der Waals surface area contributed by atoms with Gasteiger partial charge < -0.3 is 10.6 Å². The van der Waals surface area contributed by atoms with Crippen molar-refractivity contribution < 1.29 is 4.79 Å². The fourth-order valence-electron chi connectivity index (χ4n) is 2.44. The van der Waals surface area contributed by atoms with E-state index in [9.17, 15) is 4.79 Å². The number of amides is 1. The fraction of sp³-hybridized carbons (Fsp3) is 0.923. The molecule has 0 aromatic carbocycles. The smallest absolute Gasteiger partial charge is 0.234 e. The molecule has 0 unspecified atom stereocenters. The molecule has 3 heteroatoms. The van der Waals surface area contributed by atoms with Crippen molar-refractivity contribution >= 4 is 5.91 Å². The van der Waals surface area contributed by atoms with Crippen molar-refractivity contribution in [2.75, 3.05) is 13.1 Å². The minimum atomic E-state index is 0.145. The van der Waals surface area contributed by atoms with Gasteiger partial charge in [-0.15, -0.1) is 0 Å². The number of nitrogens with one attached hydrogen (secondary N) is 2. The van der Waals surface area contributed by atoms with E-state index in [2.05, 4.69) is 24.5 Å². The zero-order chi connectivity index (χ0) is 11.8. The zero-order valence-electron chi connectivity index (χ0n) is 10.7.